The van der Waals surface area contributed by atoms with E-state index >= 15 is 0 Å². The Balaban J connectivity index is 2.69. The number of nitrogens with zero attached hydrogens (tertiary/aromatic N) is 2. The fourth-order valence-electron chi connectivity index (χ4n) is 1.41. The molecule has 1 atom stereocenters. The third kappa shape index (κ3) is 3.28. The lowest BCUT2D eigenvalue weighted by Crippen LogP contribution is -2.37. The summed E-state index contributed by atoms with van der Waals surface area (Å²) in [4.78, 5) is 32.6. The van der Waals surface area contributed by atoms with E-state index in [9.17, 15) is 24.8 Å². The molecule has 1 unspecified atom stereocenters. The number of esters is 1. The van der Waals surface area contributed by atoms with E-state index in [1.54, 1.807) is 0 Å². The Morgan fingerprint density at radius 2 is 2.21 bits per heavy atom. The largest absolute Gasteiger partial charge is 0.467 e. The molecule has 9 nitrogen and oxygen atoms in total. The van der Waals surface area contributed by atoms with E-state index in [0.29, 0.717) is 0 Å². The van der Waals surface area contributed by atoms with Crippen molar-refractivity contribution < 1.29 is 24.4 Å². The Hall–Kier alpha value is -2.42. The van der Waals surface area contributed by atoms with Crippen LogP contribution in [0.1, 0.15) is 10.5 Å². The van der Waals surface area contributed by atoms with Gasteiger partial charge in [-0.25, -0.2) is 9.36 Å². The van der Waals surface area contributed by atoms with Gasteiger partial charge in [-0.15, -0.1) is 0 Å². The minimum atomic E-state index is -1.48. The SMILES string of the molecule is COC(=O)C(O)CNC(=O)c1ccc([N+](=O)[O-])n1C. The predicted octanol–water partition coefficient (Wildman–Crippen LogP) is -0.803. The van der Waals surface area contributed by atoms with Gasteiger partial charge in [0, 0.05) is 6.07 Å². The molecule has 1 heterocycles. The van der Waals surface area contributed by atoms with Gasteiger partial charge in [-0.1, -0.05) is 0 Å². The van der Waals surface area contributed by atoms with Crippen molar-refractivity contribution in [3.8, 4) is 0 Å². The average molecular weight is 271 g/mol. The number of ether oxygens (including phenoxy) is 1. The Morgan fingerprint density at radius 1 is 1.58 bits per heavy atom. The second kappa shape index (κ2) is 5.96. The number of nitrogens with one attached hydrogen (secondary N) is 1. The highest BCUT2D eigenvalue weighted by Gasteiger charge is 2.22. The van der Waals surface area contributed by atoms with E-state index in [0.717, 1.165) is 11.7 Å². The summed E-state index contributed by atoms with van der Waals surface area (Å²) in [7, 11) is 2.47. The molecule has 0 fully saturated rings. The maximum atomic E-state index is 11.7. The maximum absolute atomic E-state index is 11.7. The first-order valence-electron chi connectivity index (χ1n) is 5.22. The quantitative estimate of drug-likeness (QED) is 0.410. The third-order valence-electron chi connectivity index (χ3n) is 2.44. The van der Waals surface area contributed by atoms with Crippen LogP contribution in [0.5, 0.6) is 0 Å². The van der Waals surface area contributed by atoms with Crippen molar-refractivity contribution in [2.45, 2.75) is 6.10 Å². The van der Waals surface area contributed by atoms with Crippen LogP contribution in [0.3, 0.4) is 0 Å². The number of carbonyl (C=O) groups is 2. The highest BCUT2D eigenvalue weighted by atomic mass is 16.6. The molecule has 1 amide bonds. The lowest BCUT2D eigenvalue weighted by Gasteiger charge is -2.08. The number of hydrogen-bond acceptors (Lipinski definition) is 6. The fraction of sp³-hybridized carbons (Fsp3) is 0.400. The van der Waals surface area contributed by atoms with Gasteiger partial charge in [0.25, 0.3) is 5.91 Å². The number of aliphatic hydroxyl groups excluding tert-OH is 1. The van der Waals surface area contributed by atoms with Crippen molar-refractivity contribution in [3.63, 3.8) is 0 Å². The Bertz CT molecular complexity index is 509. The zero-order valence-corrected chi connectivity index (χ0v) is 10.3. The van der Waals surface area contributed by atoms with Gasteiger partial charge in [0.15, 0.2) is 11.8 Å². The third-order valence-corrected chi connectivity index (χ3v) is 2.44. The summed E-state index contributed by atoms with van der Waals surface area (Å²) >= 11 is 0. The molecule has 19 heavy (non-hydrogen) atoms. The minimum Gasteiger partial charge on any atom is -0.467 e. The van der Waals surface area contributed by atoms with Crippen molar-refractivity contribution in [1.82, 2.24) is 9.88 Å². The normalized spacial score (nSPS) is 11.7. The second-order valence-corrected chi connectivity index (χ2v) is 3.64. The molecule has 0 aliphatic carbocycles. The molecule has 0 radical (unpaired) electrons. The number of carbonyl (C=O) groups excluding carboxylic acids is 2. The predicted molar refractivity (Wildman–Crippen MR) is 62.4 cm³/mol. The van der Waals surface area contributed by atoms with Crippen LogP contribution in [0.25, 0.3) is 0 Å². The number of aromatic nitrogens is 1. The van der Waals surface area contributed by atoms with Gasteiger partial charge in [0.05, 0.1) is 20.7 Å². The molecule has 1 aromatic heterocycles. The first kappa shape index (κ1) is 14.6. The van der Waals surface area contributed by atoms with Crippen LogP contribution >= 0.6 is 0 Å². The molecular weight excluding hydrogens is 258 g/mol. The number of hydrogen-bond donors (Lipinski definition) is 2. The van der Waals surface area contributed by atoms with Crippen LogP contribution < -0.4 is 5.32 Å². The number of nitro groups is 1. The van der Waals surface area contributed by atoms with Crippen LogP contribution in [0.4, 0.5) is 5.82 Å². The van der Waals surface area contributed by atoms with Crippen molar-refractivity contribution in [2.24, 2.45) is 7.05 Å². The van der Waals surface area contributed by atoms with Crippen molar-refractivity contribution in [1.29, 1.82) is 0 Å². The molecule has 0 aliphatic heterocycles. The van der Waals surface area contributed by atoms with Gasteiger partial charge in [0.1, 0.15) is 0 Å². The van der Waals surface area contributed by atoms with Crippen molar-refractivity contribution in [2.75, 3.05) is 13.7 Å². The Morgan fingerprint density at radius 3 is 2.68 bits per heavy atom. The van der Waals surface area contributed by atoms with Crippen LogP contribution in [0, 0.1) is 10.1 Å². The highest BCUT2D eigenvalue weighted by molar-refractivity contribution is 5.93. The number of rotatable bonds is 5. The minimum absolute atomic E-state index is 0.0452. The average Bonchev–Trinajstić information content (AvgIpc) is 2.76. The Kier molecular flexibility index (Phi) is 4.59. The van der Waals surface area contributed by atoms with E-state index in [4.69, 9.17) is 0 Å². The van der Waals surface area contributed by atoms with Gasteiger partial charge in [0.2, 0.25) is 0 Å². The van der Waals surface area contributed by atoms with Gasteiger partial charge in [-0.2, -0.15) is 0 Å². The van der Waals surface area contributed by atoms with Gasteiger partial charge in [-0.05, 0) is 11.0 Å². The molecule has 0 aromatic carbocycles. The molecule has 0 saturated heterocycles. The molecule has 1 rings (SSSR count). The highest BCUT2D eigenvalue weighted by Crippen LogP contribution is 2.14. The molecule has 0 saturated carbocycles. The summed E-state index contributed by atoms with van der Waals surface area (Å²) in [6.07, 6.45) is -1.48. The second-order valence-electron chi connectivity index (χ2n) is 3.64. The summed E-state index contributed by atoms with van der Waals surface area (Å²) in [5, 5.41) is 22.1. The standard InChI is InChI=1S/C10H13N3O6/c1-12-6(3-4-8(12)13(17)18)9(15)11-5-7(14)10(16)19-2/h3-4,7,14H,5H2,1-2H3,(H,11,15). The molecule has 0 bridgehead atoms. The Labute approximate surface area is 107 Å². The van der Waals surface area contributed by atoms with Gasteiger partial charge < -0.3 is 25.3 Å². The zero-order chi connectivity index (χ0) is 14.6. The molecular formula is C10H13N3O6. The van der Waals surface area contributed by atoms with E-state index in [-0.39, 0.29) is 18.1 Å². The van der Waals surface area contributed by atoms with Gasteiger partial charge >= 0.3 is 11.8 Å². The molecule has 9 heteroatoms. The smallest absolute Gasteiger partial charge is 0.336 e. The van der Waals surface area contributed by atoms with Crippen LogP contribution in [0.2, 0.25) is 0 Å². The molecule has 1 aromatic rings. The monoisotopic (exact) mass is 271 g/mol. The summed E-state index contributed by atoms with van der Waals surface area (Å²) in [6, 6.07) is 2.46. The molecule has 104 valence electrons. The fourth-order valence-corrected chi connectivity index (χ4v) is 1.41. The molecule has 2 N–H and O–H groups in total. The maximum Gasteiger partial charge on any atom is 0.336 e. The van der Waals surface area contributed by atoms with Crippen molar-refractivity contribution >= 4 is 17.7 Å². The van der Waals surface area contributed by atoms with Gasteiger partial charge in [-0.3, -0.25) is 4.79 Å². The van der Waals surface area contributed by atoms with E-state index in [2.05, 4.69) is 10.1 Å². The summed E-state index contributed by atoms with van der Waals surface area (Å²) in [5.41, 5.74) is 0.0452. The summed E-state index contributed by atoms with van der Waals surface area (Å²) in [5.74, 6) is -1.75. The number of aliphatic hydroxyl groups is 1. The van der Waals surface area contributed by atoms with E-state index < -0.39 is 22.9 Å². The topological polar surface area (TPSA) is 124 Å². The van der Waals surface area contributed by atoms with E-state index in [1.165, 1.54) is 19.2 Å². The number of amides is 1. The van der Waals surface area contributed by atoms with Crippen molar-refractivity contribution in [3.05, 3.63) is 27.9 Å². The summed E-state index contributed by atoms with van der Waals surface area (Å²) < 4.78 is 5.37. The lowest BCUT2D eigenvalue weighted by atomic mass is 10.3. The zero-order valence-electron chi connectivity index (χ0n) is 10.3. The van der Waals surface area contributed by atoms with E-state index in [1.807, 2.05) is 0 Å². The van der Waals surface area contributed by atoms with Crippen LogP contribution in [-0.4, -0.2) is 46.2 Å². The van der Waals surface area contributed by atoms with Crippen LogP contribution in [-0.2, 0) is 16.6 Å². The van der Waals surface area contributed by atoms with Crippen LogP contribution in [0.15, 0.2) is 12.1 Å². The number of methoxy groups -OCH3 is 1. The molecule has 0 aliphatic rings. The molecule has 0 spiro atoms. The first-order valence-corrected chi connectivity index (χ1v) is 5.22. The lowest BCUT2D eigenvalue weighted by molar-refractivity contribution is -0.391. The summed E-state index contributed by atoms with van der Waals surface area (Å²) in [6.45, 7) is -0.343. The first-order chi connectivity index (χ1) is 8.88.